The largest absolute Gasteiger partial charge is 0.507 e. The summed E-state index contributed by atoms with van der Waals surface area (Å²) in [6.07, 6.45) is 8.00. The maximum atomic E-state index is 10.4. The molecule has 1 N–H and O–H groups in total. The van der Waals surface area contributed by atoms with Gasteiger partial charge in [-0.25, -0.2) is 0 Å². The Kier molecular flexibility index (Phi) is 5.37. The van der Waals surface area contributed by atoms with Crippen LogP contribution in [0.2, 0.25) is 0 Å². The maximum absolute atomic E-state index is 10.4. The van der Waals surface area contributed by atoms with Crippen molar-refractivity contribution < 1.29 is 5.11 Å². The molecule has 0 radical (unpaired) electrons. The smallest absolute Gasteiger partial charge is 0.122 e. The number of phenols is 1. The zero-order chi connectivity index (χ0) is 15.4. The Morgan fingerprint density at radius 2 is 1.36 bits per heavy atom. The summed E-state index contributed by atoms with van der Waals surface area (Å²) in [6.45, 7) is 8.77. The molecule has 3 rings (SSSR count). The first-order valence-corrected chi connectivity index (χ1v) is 8.98. The third-order valence-corrected chi connectivity index (χ3v) is 5.14. The molecule has 3 nitrogen and oxygen atoms in total. The van der Waals surface area contributed by atoms with E-state index in [4.69, 9.17) is 0 Å². The Bertz CT molecular complexity index is 488. The molecule has 2 fully saturated rings. The first kappa shape index (κ1) is 15.8. The van der Waals surface area contributed by atoms with Crippen molar-refractivity contribution in [3.05, 3.63) is 28.8 Å². The van der Waals surface area contributed by atoms with Crippen LogP contribution in [0.25, 0.3) is 0 Å². The highest BCUT2D eigenvalue weighted by atomic mass is 16.3. The maximum Gasteiger partial charge on any atom is 0.122 e. The van der Waals surface area contributed by atoms with Crippen LogP contribution in [-0.2, 0) is 13.1 Å². The fourth-order valence-corrected chi connectivity index (χ4v) is 3.88. The van der Waals surface area contributed by atoms with E-state index in [-0.39, 0.29) is 0 Å². The molecule has 0 atom stereocenters. The Balaban J connectivity index is 1.70. The highest BCUT2D eigenvalue weighted by Gasteiger charge is 2.16. The average molecular weight is 302 g/mol. The molecular weight excluding hydrogens is 272 g/mol. The minimum Gasteiger partial charge on any atom is -0.507 e. The fraction of sp³-hybridized carbons (Fsp3) is 0.684. The van der Waals surface area contributed by atoms with Gasteiger partial charge in [-0.05, 0) is 76.0 Å². The van der Waals surface area contributed by atoms with E-state index in [2.05, 4.69) is 21.9 Å². The average Bonchev–Trinajstić information content (AvgIpc) is 2.54. The molecular formula is C19H30N2O. The molecule has 0 spiro atoms. The molecule has 122 valence electrons. The zero-order valence-electron chi connectivity index (χ0n) is 14.0. The third kappa shape index (κ3) is 4.02. The quantitative estimate of drug-likeness (QED) is 0.919. The number of aryl methyl sites for hydroxylation is 1. The molecule has 0 aromatic heterocycles. The molecule has 1 aromatic rings. The Labute approximate surface area is 134 Å². The van der Waals surface area contributed by atoms with E-state index >= 15 is 0 Å². The lowest BCUT2D eigenvalue weighted by molar-refractivity contribution is 0.215. The second-order valence-electron chi connectivity index (χ2n) is 7.09. The third-order valence-electron chi connectivity index (χ3n) is 5.14. The monoisotopic (exact) mass is 302 g/mol. The first-order chi connectivity index (χ1) is 10.7. The number of likely N-dealkylation sites (tertiary alicyclic amines) is 2. The van der Waals surface area contributed by atoms with Crippen LogP contribution in [0, 0.1) is 6.92 Å². The topological polar surface area (TPSA) is 26.7 Å². The van der Waals surface area contributed by atoms with Crippen molar-refractivity contribution in [2.24, 2.45) is 0 Å². The van der Waals surface area contributed by atoms with E-state index in [1.54, 1.807) is 0 Å². The van der Waals surface area contributed by atoms with Crippen molar-refractivity contribution in [1.29, 1.82) is 0 Å². The van der Waals surface area contributed by atoms with Gasteiger partial charge < -0.3 is 5.11 Å². The molecule has 22 heavy (non-hydrogen) atoms. The highest BCUT2D eigenvalue weighted by molar-refractivity contribution is 5.43. The van der Waals surface area contributed by atoms with Crippen LogP contribution in [0.3, 0.4) is 0 Å². The molecule has 3 heteroatoms. The number of phenolic OH excluding ortho intramolecular Hbond substituents is 1. The number of benzene rings is 1. The molecule has 2 saturated heterocycles. The highest BCUT2D eigenvalue weighted by Crippen LogP contribution is 2.27. The molecule has 2 heterocycles. The minimum atomic E-state index is 0.507. The number of rotatable bonds is 4. The van der Waals surface area contributed by atoms with Gasteiger partial charge in [0.2, 0.25) is 0 Å². The van der Waals surface area contributed by atoms with Gasteiger partial charge in [0.15, 0.2) is 0 Å². The van der Waals surface area contributed by atoms with Gasteiger partial charge in [0.05, 0.1) is 0 Å². The van der Waals surface area contributed by atoms with Gasteiger partial charge in [-0.15, -0.1) is 0 Å². The van der Waals surface area contributed by atoms with Crippen molar-refractivity contribution >= 4 is 0 Å². The lowest BCUT2D eigenvalue weighted by Crippen LogP contribution is -2.30. The zero-order valence-corrected chi connectivity index (χ0v) is 14.0. The van der Waals surface area contributed by atoms with Crippen LogP contribution in [0.1, 0.15) is 55.2 Å². The van der Waals surface area contributed by atoms with Crippen molar-refractivity contribution in [2.45, 2.75) is 58.5 Å². The minimum absolute atomic E-state index is 0.507. The van der Waals surface area contributed by atoms with Crippen LogP contribution in [0.15, 0.2) is 12.1 Å². The number of aromatic hydroxyl groups is 1. The molecule has 1 aromatic carbocycles. The SMILES string of the molecule is Cc1cc(CN2CCCCC2)cc(CN2CCCCC2)c1O. The van der Waals surface area contributed by atoms with Crippen molar-refractivity contribution in [3.8, 4) is 5.75 Å². The second kappa shape index (κ2) is 7.47. The van der Waals surface area contributed by atoms with Crippen LogP contribution < -0.4 is 0 Å². The summed E-state index contributed by atoms with van der Waals surface area (Å²) in [6, 6.07) is 4.41. The number of hydrogen-bond acceptors (Lipinski definition) is 3. The number of nitrogens with zero attached hydrogens (tertiary/aromatic N) is 2. The lowest BCUT2D eigenvalue weighted by Gasteiger charge is -2.28. The summed E-state index contributed by atoms with van der Waals surface area (Å²) in [5.74, 6) is 0.507. The van der Waals surface area contributed by atoms with Gasteiger partial charge in [-0.1, -0.05) is 18.9 Å². The fourth-order valence-electron chi connectivity index (χ4n) is 3.88. The molecule has 0 amide bonds. The molecule has 0 bridgehead atoms. The van der Waals surface area contributed by atoms with Crippen molar-refractivity contribution in [1.82, 2.24) is 9.80 Å². The second-order valence-corrected chi connectivity index (χ2v) is 7.09. The Morgan fingerprint density at radius 1 is 0.818 bits per heavy atom. The lowest BCUT2D eigenvalue weighted by atomic mass is 10.0. The van der Waals surface area contributed by atoms with E-state index in [1.807, 2.05) is 6.92 Å². The molecule has 0 saturated carbocycles. The van der Waals surface area contributed by atoms with Gasteiger partial charge in [-0.2, -0.15) is 0 Å². The van der Waals surface area contributed by atoms with E-state index in [9.17, 15) is 5.11 Å². The van der Waals surface area contributed by atoms with Gasteiger partial charge >= 0.3 is 0 Å². The number of hydrogen-bond donors (Lipinski definition) is 1. The summed E-state index contributed by atoms with van der Waals surface area (Å²) in [4.78, 5) is 5.04. The molecule has 0 unspecified atom stereocenters. The normalized spacial score (nSPS) is 21.1. The van der Waals surface area contributed by atoms with E-state index in [0.29, 0.717) is 5.75 Å². The summed E-state index contributed by atoms with van der Waals surface area (Å²) in [5, 5.41) is 10.4. The summed E-state index contributed by atoms with van der Waals surface area (Å²) < 4.78 is 0. The van der Waals surface area contributed by atoms with Gasteiger partial charge in [0.1, 0.15) is 5.75 Å². The summed E-state index contributed by atoms with van der Waals surface area (Å²) in [5.41, 5.74) is 3.51. The van der Waals surface area contributed by atoms with Crippen LogP contribution in [0.5, 0.6) is 5.75 Å². The standard InChI is InChI=1S/C19H30N2O/c1-16-12-17(14-20-8-4-2-5-9-20)13-18(19(16)22)15-21-10-6-3-7-11-21/h12-13,22H,2-11,14-15H2,1H3. The predicted molar refractivity (Wildman–Crippen MR) is 91.1 cm³/mol. The van der Waals surface area contributed by atoms with Crippen molar-refractivity contribution in [3.63, 3.8) is 0 Å². The van der Waals surface area contributed by atoms with Crippen LogP contribution >= 0.6 is 0 Å². The van der Waals surface area contributed by atoms with Crippen LogP contribution in [0.4, 0.5) is 0 Å². The molecule has 2 aliphatic rings. The van der Waals surface area contributed by atoms with Gasteiger partial charge in [0, 0.05) is 18.7 Å². The summed E-state index contributed by atoms with van der Waals surface area (Å²) in [7, 11) is 0. The van der Waals surface area contributed by atoms with Crippen LogP contribution in [-0.4, -0.2) is 41.1 Å². The first-order valence-electron chi connectivity index (χ1n) is 8.98. The Morgan fingerprint density at radius 3 is 1.95 bits per heavy atom. The van der Waals surface area contributed by atoms with E-state index < -0.39 is 0 Å². The van der Waals surface area contributed by atoms with E-state index in [0.717, 1.165) is 24.2 Å². The molecule has 0 aliphatic carbocycles. The Hall–Kier alpha value is -1.06. The summed E-state index contributed by atoms with van der Waals surface area (Å²) >= 11 is 0. The predicted octanol–water partition coefficient (Wildman–Crippen LogP) is 3.67. The molecule has 2 aliphatic heterocycles. The van der Waals surface area contributed by atoms with Crippen molar-refractivity contribution in [2.75, 3.05) is 26.2 Å². The van der Waals surface area contributed by atoms with Gasteiger partial charge in [0.25, 0.3) is 0 Å². The van der Waals surface area contributed by atoms with Gasteiger partial charge in [-0.3, -0.25) is 9.80 Å². The number of piperidine rings is 2. The van der Waals surface area contributed by atoms with E-state index in [1.165, 1.54) is 70.3 Å².